The van der Waals surface area contributed by atoms with Gasteiger partial charge in [-0.25, -0.2) is 9.97 Å². The molecule has 0 saturated carbocycles. The first-order valence-corrected chi connectivity index (χ1v) is 7.45. The van der Waals surface area contributed by atoms with Crippen molar-refractivity contribution in [1.82, 2.24) is 15.3 Å². The molecule has 0 fully saturated rings. The maximum Gasteiger partial charge on any atom is 0.270 e. The summed E-state index contributed by atoms with van der Waals surface area (Å²) < 4.78 is 0. The van der Waals surface area contributed by atoms with Gasteiger partial charge in [-0.05, 0) is 50.6 Å². The zero-order valence-corrected chi connectivity index (χ0v) is 13.4. The molecule has 23 heavy (non-hydrogen) atoms. The molecule has 1 aromatic heterocycles. The molecule has 1 aromatic carbocycles. The zero-order chi connectivity index (χ0) is 16.8. The predicted octanol–water partition coefficient (Wildman–Crippen LogP) is 2.93. The molecule has 0 spiro atoms. The van der Waals surface area contributed by atoms with E-state index < -0.39 is 0 Å². The minimum Gasteiger partial charge on any atom is -0.348 e. The molecule has 1 unspecified atom stereocenters. The van der Waals surface area contributed by atoms with Crippen molar-refractivity contribution in [2.75, 3.05) is 5.32 Å². The molecule has 0 aliphatic rings. The summed E-state index contributed by atoms with van der Waals surface area (Å²) in [5.41, 5.74) is 2.36. The maximum atomic E-state index is 12.2. The molecule has 2 rings (SSSR count). The minimum absolute atomic E-state index is 0.0905. The summed E-state index contributed by atoms with van der Waals surface area (Å²) in [6, 6.07) is 10.7. The molecule has 2 N–H and O–H groups in total. The Morgan fingerprint density at radius 1 is 1.30 bits per heavy atom. The first-order chi connectivity index (χ1) is 11.0. The van der Waals surface area contributed by atoms with Crippen molar-refractivity contribution in [1.29, 1.82) is 5.26 Å². The third-order valence-electron chi connectivity index (χ3n) is 3.35. The maximum absolute atomic E-state index is 12.2. The van der Waals surface area contributed by atoms with E-state index in [2.05, 4.69) is 26.7 Å². The molecule has 6 heteroatoms. The molecule has 1 amide bonds. The van der Waals surface area contributed by atoms with Gasteiger partial charge in [-0.15, -0.1) is 0 Å². The monoisotopic (exact) mass is 309 g/mol. The Balaban J connectivity index is 2.19. The third kappa shape index (κ3) is 4.51. The van der Waals surface area contributed by atoms with Crippen LogP contribution >= 0.6 is 0 Å². The normalized spacial score (nSPS) is 11.4. The lowest BCUT2D eigenvalue weighted by atomic mass is 10.2. The van der Waals surface area contributed by atoms with Gasteiger partial charge >= 0.3 is 0 Å². The van der Waals surface area contributed by atoms with Gasteiger partial charge in [0.1, 0.15) is 5.69 Å². The van der Waals surface area contributed by atoms with E-state index >= 15 is 0 Å². The van der Waals surface area contributed by atoms with Gasteiger partial charge in [0.2, 0.25) is 5.95 Å². The van der Waals surface area contributed by atoms with Gasteiger partial charge in [-0.2, -0.15) is 5.26 Å². The average molecular weight is 309 g/mol. The standard InChI is InChI=1S/C17H19N5O/c1-4-11(2)19-16(23)15-9-12(3)20-17(22-15)21-14-7-5-13(10-18)6-8-14/h5-9,11H,4H2,1-3H3,(H,19,23)(H,20,21,22). The lowest BCUT2D eigenvalue weighted by Gasteiger charge is -2.12. The lowest BCUT2D eigenvalue weighted by molar-refractivity contribution is 0.0934. The summed E-state index contributed by atoms with van der Waals surface area (Å²) >= 11 is 0. The van der Waals surface area contributed by atoms with E-state index in [1.807, 2.05) is 20.8 Å². The number of nitriles is 1. The van der Waals surface area contributed by atoms with Crippen LogP contribution in [-0.2, 0) is 0 Å². The molecular weight excluding hydrogens is 290 g/mol. The van der Waals surface area contributed by atoms with Crippen molar-refractivity contribution < 1.29 is 4.79 Å². The molecule has 0 saturated heterocycles. The Hall–Kier alpha value is -2.94. The van der Waals surface area contributed by atoms with Crippen LogP contribution in [0.15, 0.2) is 30.3 Å². The molecule has 1 atom stereocenters. The summed E-state index contributed by atoms with van der Waals surface area (Å²) in [6.07, 6.45) is 0.853. The highest BCUT2D eigenvalue weighted by molar-refractivity contribution is 5.92. The van der Waals surface area contributed by atoms with Gasteiger partial charge in [0, 0.05) is 17.4 Å². The summed E-state index contributed by atoms with van der Waals surface area (Å²) in [7, 11) is 0. The fourth-order valence-corrected chi connectivity index (χ4v) is 1.90. The average Bonchev–Trinajstić information content (AvgIpc) is 2.54. The summed E-state index contributed by atoms with van der Waals surface area (Å²) in [6.45, 7) is 5.77. The number of carbonyl (C=O) groups is 1. The second kappa shape index (κ2) is 7.36. The Bertz CT molecular complexity index is 734. The fourth-order valence-electron chi connectivity index (χ4n) is 1.90. The van der Waals surface area contributed by atoms with E-state index in [0.29, 0.717) is 22.9 Å². The number of carbonyl (C=O) groups excluding carboxylic acids is 1. The van der Waals surface area contributed by atoms with Crippen LogP contribution in [0.3, 0.4) is 0 Å². The highest BCUT2D eigenvalue weighted by atomic mass is 16.1. The van der Waals surface area contributed by atoms with E-state index in [0.717, 1.165) is 12.1 Å². The van der Waals surface area contributed by atoms with Crippen molar-refractivity contribution >= 4 is 17.5 Å². The molecule has 118 valence electrons. The number of hydrogen-bond donors (Lipinski definition) is 2. The first kappa shape index (κ1) is 16.4. The predicted molar refractivity (Wildman–Crippen MR) is 88.4 cm³/mol. The highest BCUT2D eigenvalue weighted by Crippen LogP contribution is 2.15. The number of nitrogens with one attached hydrogen (secondary N) is 2. The molecule has 2 aromatic rings. The number of aryl methyl sites for hydroxylation is 1. The first-order valence-electron chi connectivity index (χ1n) is 7.45. The molecule has 0 aliphatic heterocycles. The number of hydrogen-bond acceptors (Lipinski definition) is 5. The number of nitrogens with zero attached hydrogens (tertiary/aromatic N) is 3. The smallest absolute Gasteiger partial charge is 0.270 e. The van der Waals surface area contributed by atoms with Crippen LogP contribution in [0.1, 0.15) is 42.0 Å². The number of aromatic nitrogens is 2. The van der Waals surface area contributed by atoms with Gasteiger partial charge in [0.05, 0.1) is 11.6 Å². The van der Waals surface area contributed by atoms with E-state index in [1.165, 1.54) is 0 Å². The molecule has 1 heterocycles. The van der Waals surface area contributed by atoms with Gasteiger partial charge < -0.3 is 10.6 Å². The van der Waals surface area contributed by atoms with Crippen LogP contribution in [-0.4, -0.2) is 21.9 Å². The largest absolute Gasteiger partial charge is 0.348 e. The number of rotatable bonds is 5. The number of anilines is 2. The van der Waals surface area contributed by atoms with Gasteiger partial charge in [0.15, 0.2) is 0 Å². The molecular formula is C17H19N5O. The van der Waals surface area contributed by atoms with E-state index in [9.17, 15) is 4.79 Å². The molecule has 0 bridgehead atoms. The molecule has 6 nitrogen and oxygen atoms in total. The second-order valence-electron chi connectivity index (χ2n) is 5.32. The number of amides is 1. The van der Waals surface area contributed by atoms with Crippen LogP contribution < -0.4 is 10.6 Å². The van der Waals surface area contributed by atoms with Crippen molar-refractivity contribution in [3.05, 3.63) is 47.3 Å². The van der Waals surface area contributed by atoms with Crippen molar-refractivity contribution in [2.45, 2.75) is 33.2 Å². The van der Waals surface area contributed by atoms with Crippen LogP contribution in [0.4, 0.5) is 11.6 Å². The Morgan fingerprint density at radius 2 is 2.00 bits per heavy atom. The summed E-state index contributed by atoms with van der Waals surface area (Å²) in [4.78, 5) is 20.7. The van der Waals surface area contributed by atoms with Crippen LogP contribution in [0.25, 0.3) is 0 Å². The topological polar surface area (TPSA) is 90.7 Å². The van der Waals surface area contributed by atoms with Gasteiger partial charge in [-0.1, -0.05) is 6.92 Å². The Kier molecular flexibility index (Phi) is 5.26. The summed E-state index contributed by atoms with van der Waals surface area (Å²) in [5, 5.41) is 14.7. The van der Waals surface area contributed by atoms with Gasteiger partial charge in [0.25, 0.3) is 5.91 Å². The second-order valence-corrected chi connectivity index (χ2v) is 5.32. The lowest BCUT2D eigenvalue weighted by Crippen LogP contribution is -2.32. The minimum atomic E-state index is -0.215. The van der Waals surface area contributed by atoms with Gasteiger partial charge in [-0.3, -0.25) is 4.79 Å². The molecule has 0 radical (unpaired) electrons. The Labute approximate surface area is 135 Å². The van der Waals surface area contributed by atoms with Crippen LogP contribution in [0.2, 0.25) is 0 Å². The number of benzene rings is 1. The van der Waals surface area contributed by atoms with Crippen molar-refractivity contribution in [2.24, 2.45) is 0 Å². The van der Waals surface area contributed by atoms with E-state index in [4.69, 9.17) is 5.26 Å². The fraction of sp³-hybridized carbons (Fsp3) is 0.294. The summed E-state index contributed by atoms with van der Waals surface area (Å²) in [5.74, 6) is 0.136. The van der Waals surface area contributed by atoms with Crippen molar-refractivity contribution in [3.8, 4) is 6.07 Å². The van der Waals surface area contributed by atoms with Crippen LogP contribution in [0.5, 0.6) is 0 Å². The Morgan fingerprint density at radius 3 is 2.61 bits per heavy atom. The highest BCUT2D eigenvalue weighted by Gasteiger charge is 2.12. The molecule has 0 aliphatic carbocycles. The SMILES string of the molecule is CCC(C)NC(=O)c1cc(C)nc(Nc2ccc(C#N)cc2)n1. The van der Waals surface area contributed by atoms with E-state index in [-0.39, 0.29) is 11.9 Å². The van der Waals surface area contributed by atoms with E-state index in [1.54, 1.807) is 30.3 Å². The quantitative estimate of drug-likeness (QED) is 0.886. The zero-order valence-electron chi connectivity index (χ0n) is 13.4. The third-order valence-corrected chi connectivity index (χ3v) is 3.35. The van der Waals surface area contributed by atoms with Crippen LogP contribution in [0, 0.1) is 18.3 Å². The van der Waals surface area contributed by atoms with Crippen molar-refractivity contribution in [3.63, 3.8) is 0 Å².